The van der Waals surface area contributed by atoms with Crippen LogP contribution < -0.4 is 10.5 Å². The first-order valence-electron chi connectivity index (χ1n) is 6.31. The molecular formula is C11H20N4O2S. The van der Waals surface area contributed by atoms with Gasteiger partial charge in [-0.1, -0.05) is 19.3 Å². The molecule has 0 spiro atoms. The van der Waals surface area contributed by atoms with Crippen LogP contribution in [0.2, 0.25) is 0 Å². The largest absolute Gasteiger partial charge is 0.326 e. The molecule has 6 nitrogen and oxygen atoms in total. The number of aromatic nitrogens is 2. The van der Waals surface area contributed by atoms with Gasteiger partial charge in [0, 0.05) is 23.8 Å². The van der Waals surface area contributed by atoms with Gasteiger partial charge in [-0.3, -0.25) is 5.10 Å². The molecule has 18 heavy (non-hydrogen) atoms. The van der Waals surface area contributed by atoms with E-state index < -0.39 is 10.0 Å². The van der Waals surface area contributed by atoms with Gasteiger partial charge in [-0.15, -0.1) is 0 Å². The fraction of sp³-hybridized carbons (Fsp3) is 0.727. The normalized spacial score (nSPS) is 18.1. The average Bonchev–Trinajstić information content (AvgIpc) is 2.72. The molecule has 1 aromatic heterocycles. The maximum Gasteiger partial charge on any atom is 0.260 e. The molecule has 0 unspecified atom stereocenters. The van der Waals surface area contributed by atoms with E-state index in [1.165, 1.54) is 6.42 Å². The second-order valence-corrected chi connectivity index (χ2v) is 6.42. The number of hydrogen-bond acceptors (Lipinski definition) is 4. The summed E-state index contributed by atoms with van der Waals surface area (Å²) in [4.78, 5) is 0. The minimum atomic E-state index is -3.55. The monoisotopic (exact) mass is 272 g/mol. The van der Waals surface area contributed by atoms with Gasteiger partial charge in [0.15, 0.2) is 5.03 Å². The van der Waals surface area contributed by atoms with Crippen molar-refractivity contribution in [2.45, 2.75) is 56.6 Å². The van der Waals surface area contributed by atoms with Crippen LogP contribution in [0.1, 0.15) is 43.4 Å². The topological polar surface area (TPSA) is 101 Å². The number of nitrogens with one attached hydrogen (secondary N) is 2. The number of nitrogens with two attached hydrogens (primary N) is 1. The Bertz CT molecular complexity index is 503. The molecule has 4 N–H and O–H groups in total. The first-order valence-corrected chi connectivity index (χ1v) is 7.79. The number of aryl methyl sites for hydroxylation is 1. The Labute approximate surface area is 107 Å². The van der Waals surface area contributed by atoms with Gasteiger partial charge in [0.05, 0.1) is 0 Å². The van der Waals surface area contributed by atoms with Gasteiger partial charge in [-0.05, 0) is 19.8 Å². The van der Waals surface area contributed by atoms with Gasteiger partial charge >= 0.3 is 0 Å². The molecule has 0 radical (unpaired) electrons. The highest BCUT2D eigenvalue weighted by Crippen LogP contribution is 2.21. The smallest absolute Gasteiger partial charge is 0.260 e. The zero-order valence-electron chi connectivity index (χ0n) is 10.6. The van der Waals surface area contributed by atoms with Gasteiger partial charge in [0.25, 0.3) is 10.0 Å². The number of rotatable bonds is 4. The summed E-state index contributed by atoms with van der Waals surface area (Å²) in [5, 5.41) is 6.60. The molecule has 7 heteroatoms. The fourth-order valence-electron chi connectivity index (χ4n) is 2.39. The van der Waals surface area contributed by atoms with Crippen molar-refractivity contribution in [3.8, 4) is 0 Å². The van der Waals surface area contributed by atoms with Crippen molar-refractivity contribution in [2.75, 3.05) is 0 Å². The van der Waals surface area contributed by atoms with Crippen molar-refractivity contribution in [2.24, 2.45) is 5.73 Å². The highest BCUT2D eigenvalue weighted by Gasteiger charge is 2.26. The van der Waals surface area contributed by atoms with Crippen LogP contribution in [0, 0.1) is 6.92 Å². The number of aromatic amines is 1. The molecule has 0 aliphatic heterocycles. The lowest BCUT2D eigenvalue weighted by atomic mass is 9.96. The molecular weight excluding hydrogens is 252 g/mol. The Balaban J connectivity index is 2.19. The molecule has 1 saturated carbocycles. The molecule has 0 amide bonds. The first kappa shape index (κ1) is 13.5. The van der Waals surface area contributed by atoms with E-state index in [0.29, 0.717) is 11.3 Å². The molecule has 1 heterocycles. The van der Waals surface area contributed by atoms with Crippen molar-refractivity contribution in [1.29, 1.82) is 0 Å². The number of hydrogen-bond donors (Lipinski definition) is 3. The highest BCUT2D eigenvalue weighted by atomic mass is 32.2. The summed E-state index contributed by atoms with van der Waals surface area (Å²) < 4.78 is 27.2. The Kier molecular flexibility index (Phi) is 4.04. The molecule has 0 saturated heterocycles. The van der Waals surface area contributed by atoms with Gasteiger partial charge in [-0.2, -0.15) is 5.10 Å². The zero-order chi connectivity index (χ0) is 13.2. The van der Waals surface area contributed by atoms with Crippen LogP contribution in [-0.2, 0) is 16.6 Å². The number of H-pyrrole nitrogens is 1. The fourth-order valence-corrected chi connectivity index (χ4v) is 3.90. The van der Waals surface area contributed by atoms with Crippen LogP contribution in [0.4, 0.5) is 0 Å². The summed E-state index contributed by atoms with van der Waals surface area (Å²) in [6.07, 6.45) is 5.15. The molecule has 102 valence electrons. The average molecular weight is 272 g/mol. The van der Waals surface area contributed by atoms with Crippen LogP contribution >= 0.6 is 0 Å². The molecule has 1 fully saturated rings. The van der Waals surface area contributed by atoms with Gasteiger partial charge < -0.3 is 5.73 Å². The Hall–Kier alpha value is -0.920. The van der Waals surface area contributed by atoms with Crippen molar-refractivity contribution < 1.29 is 8.42 Å². The van der Waals surface area contributed by atoms with Crippen LogP contribution in [-0.4, -0.2) is 24.7 Å². The highest BCUT2D eigenvalue weighted by molar-refractivity contribution is 7.89. The van der Waals surface area contributed by atoms with E-state index in [2.05, 4.69) is 14.9 Å². The summed E-state index contributed by atoms with van der Waals surface area (Å²) in [6.45, 7) is 1.94. The molecule has 1 aliphatic rings. The quantitative estimate of drug-likeness (QED) is 0.754. The first-order chi connectivity index (χ1) is 8.54. The third-order valence-corrected chi connectivity index (χ3v) is 4.91. The maximum absolute atomic E-state index is 12.2. The van der Waals surface area contributed by atoms with Gasteiger partial charge in [-0.25, -0.2) is 13.1 Å². The molecule has 0 aromatic carbocycles. The summed E-state index contributed by atoms with van der Waals surface area (Å²) in [7, 11) is -3.55. The SMILES string of the molecule is Cc1[nH]nc(S(=O)(=O)NC2CCCCC2)c1CN. The molecule has 0 atom stereocenters. The lowest BCUT2D eigenvalue weighted by Crippen LogP contribution is -2.36. The summed E-state index contributed by atoms with van der Waals surface area (Å²) >= 11 is 0. The number of nitrogens with zero attached hydrogens (tertiary/aromatic N) is 1. The van der Waals surface area contributed by atoms with Crippen molar-refractivity contribution in [3.05, 3.63) is 11.3 Å². The van der Waals surface area contributed by atoms with E-state index in [1.807, 2.05) is 0 Å². The van der Waals surface area contributed by atoms with E-state index in [1.54, 1.807) is 6.92 Å². The second-order valence-electron chi connectivity index (χ2n) is 4.79. The Morgan fingerprint density at radius 3 is 2.67 bits per heavy atom. The van der Waals surface area contributed by atoms with E-state index in [9.17, 15) is 8.42 Å². The summed E-state index contributed by atoms with van der Waals surface area (Å²) in [6, 6.07) is 0.0337. The van der Waals surface area contributed by atoms with Crippen molar-refractivity contribution in [1.82, 2.24) is 14.9 Å². The van der Waals surface area contributed by atoms with Crippen LogP contribution in [0.5, 0.6) is 0 Å². The van der Waals surface area contributed by atoms with Gasteiger partial charge in [0.2, 0.25) is 0 Å². The maximum atomic E-state index is 12.2. The molecule has 1 aliphatic carbocycles. The van der Waals surface area contributed by atoms with Gasteiger partial charge in [0.1, 0.15) is 0 Å². The van der Waals surface area contributed by atoms with Crippen LogP contribution in [0.25, 0.3) is 0 Å². The standard InChI is InChI=1S/C11H20N4O2S/c1-8-10(7-12)11(14-13-8)18(16,17)15-9-5-3-2-4-6-9/h9,15H,2-7,12H2,1H3,(H,13,14). The third-order valence-electron chi connectivity index (χ3n) is 3.42. The molecule has 1 aromatic rings. The second kappa shape index (κ2) is 5.38. The summed E-state index contributed by atoms with van der Waals surface area (Å²) in [5.74, 6) is 0. The van der Waals surface area contributed by atoms with Crippen molar-refractivity contribution in [3.63, 3.8) is 0 Å². The minimum absolute atomic E-state index is 0.0337. The van der Waals surface area contributed by atoms with E-state index in [-0.39, 0.29) is 17.6 Å². The molecule has 0 bridgehead atoms. The predicted octanol–water partition coefficient (Wildman–Crippen LogP) is 0.788. The lowest BCUT2D eigenvalue weighted by Gasteiger charge is -2.22. The molecule has 2 rings (SSSR count). The zero-order valence-corrected chi connectivity index (χ0v) is 11.4. The Morgan fingerprint density at radius 2 is 2.06 bits per heavy atom. The summed E-state index contributed by atoms with van der Waals surface area (Å²) in [5.41, 5.74) is 6.85. The van der Waals surface area contributed by atoms with E-state index in [0.717, 1.165) is 25.7 Å². The number of sulfonamides is 1. The van der Waals surface area contributed by atoms with Crippen LogP contribution in [0.3, 0.4) is 0 Å². The van der Waals surface area contributed by atoms with Crippen molar-refractivity contribution >= 4 is 10.0 Å². The predicted molar refractivity (Wildman–Crippen MR) is 68.4 cm³/mol. The van der Waals surface area contributed by atoms with E-state index >= 15 is 0 Å². The van der Waals surface area contributed by atoms with Crippen LogP contribution in [0.15, 0.2) is 5.03 Å². The minimum Gasteiger partial charge on any atom is -0.326 e. The van der Waals surface area contributed by atoms with E-state index in [4.69, 9.17) is 5.73 Å². The Morgan fingerprint density at radius 1 is 1.39 bits per heavy atom. The lowest BCUT2D eigenvalue weighted by molar-refractivity contribution is 0.411. The third kappa shape index (κ3) is 2.73.